The van der Waals surface area contributed by atoms with Gasteiger partial charge in [-0.15, -0.1) is 0 Å². The Labute approximate surface area is 103 Å². The lowest BCUT2D eigenvalue weighted by Crippen LogP contribution is -2.41. The van der Waals surface area contributed by atoms with Crippen LogP contribution in [0, 0.1) is 0 Å². The highest BCUT2D eigenvalue weighted by molar-refractivity contribution is 5.79. The highest BCUT2D eigenvalue weighted by Crippen LogP contribution is 2.21. The third-order valence-electron chi connectivity index (χ3n) is 4.01. The molecule has 1 saturated carbocycles. The van der Waals surface area contributed by atoms with Crippen molar-refractivity contribution in [2.75, 3.05) is 26.2 Å². The SMILES string of the molecule is CC(=O)N1CCCN(C2CCC(=O)CC2)CC1. The van der Waals surface area contributed by atoms with Crippen LogP contribution in [0.25, 0.3) is 0 Å². The molecule has 96 valence electrons. The predicted molar refractivity (Wildman–Crippen MR) is 65.7 cm³/mol. The van der Waals surface area contributed by atoms with E-state index in [0.29, 0.717) is 11.8 Å². The molecule has 1 amide bonds. The first-order valence-corrected chi connectivity index (χ1v) is 6.68. The molecule has 0 aromatic rings. The molecule has 2 rings (SSSR count). The van der Waals surface area contributed by atoms with Gasteiger partial charge in [-0.1, -0.05) is 0 Å². The van der Waals surface area contributed by atoms with Crippen molar-refractivity contribution in [1.29, 1.82) is 0 Å². The van der Waals surface area contributed by atoms with Crippen LogP contribution in [0.2, 0.25) is 0 Å². The standard InChI is InChI=1S/C13H22N2O2/c1-11(16)14-7-2-8-15(10-9-14)12-3-5-13(17)6-4-12/h12H,2-10H2,1H3. The number of rotatable bonds is 1. The third kappa shape index (κ3) is 3.28. The van der Waals surface area contributed by atoms with Gasteiger partial charge in [0, 0.05) is 52.0 Å². The number of ketones is 1. The van der Waals surface area contributed by atoms with Crippen LogP contribution >= 0.6 is 0 Å². The molecule has 0 N–H and O–H groups in total. The molecule has 1 heterocycles. The van der Waals surface area contributed by atoms with Gasteiger partial charge in [0.15, 0.2) is 0 Å². The van der Waals surface area contributed by atoms with Gasteiger partial charge in [0.25, 0.3) is 0 Å². The Morgan fingerprint density at radius 3 is 2.47 bits per heavy atom. The molecule has 0 aromatic heterocycles. The van der Waals surface area contributed by atoms with Crippen molar-refractivity contribution in [3.05, 3.63) is 0 Å². The molecule has 4 nitrogen and oxygen atoms in total. The summed E-state index contributed by atoms with van der Waals surface area (Å²) in [6.45, 7) is 5.42. The molecular formula is C13H22N2O2. The second-order valence-corrected chi connectivity index (χ2v) is 5.17. The lowest BCUT2D eigenvalue weighted by atomic mass is 9.93. The summed E-state index contributed by atoms with van der Waals surface area (Å²) in [5.41, 5.74) is 0. The fraction of sp³-hybridized carbons (Fsp3) is 0.846. The molecule has 0 bridgehead atoms. The van der Waals surface area contributed by atoms with Gasteiger partial charge in [-0.05, 0) is 19.3 Å². The molecule has 1 aliphatic carbocycles. The predicted octanol–water partition coefficient (Wildman–Crippen LogP) is 1.05. The Morgan fingerprint density at radius 2 is 1.82 bits per heavy atom. The van der Waals surface area contributed by atoms with Gasteiger partial charge < -0.3 is 4.90 Å². The van der Waals surface area contributed by atoms with Gasteiger partial charge >= 0.3 is 0 Å². The Morgan fingerprint density at radius 1 is 1.12 bits per heavy atom. The molecule has 4 heteroatoms. The molecular weight excluding hydrogens is 216 g/mol. The van der Waals surface area contributed by atoms with Crippen molar-refractivity contribution < 1.29 is 9.59 Å². The summed E-state index contributed by atoms with van der Waals surface area (Å²) < 4.78 is 0. The van der Waals surface area contributed by atoms with E-state index in [1.165, 1.54) is 0 Å². The summed E-state index contributed by atoms with van der Waals surface area (Å²) >= 11 is 0. The second-order valence-electron chi connectivity index (χ2n) is 5.17. The van der Waals surface area contributed by atoms with Crippen LogP contribution in [-0.4, -0.2) is 53.7 Å². The number of hydrogen-bond donors (Lipinski definition) is 0. The first kappa shape index (κ1) is 12.6. The van der Waals surface area contributed by atoms with E-state index < -0.39 is 0 Å². The van der Waals surface area contributed by atoms with E-state index in [0.717, 1.165) is 58.3 Å². The number of hydrogen-bond acceptors (Lipinski definition) is 3. The van der Waals surface area contributed by atoms with Crippen molar-refractivity contribution in [2.24, 2.45) is 0 Å². The Kier molecular flexibility index (Phi) is 4.15. The molecule has 1 saturated heterocycles. The molecule has 17 heavy (non-hydrogen) atoms. The van der Waals surface area contributed by atoms with E-state index in [1.54, 1.807) is 6.92 Å². The maximum absolute atomic E-state index is 11.3. The van der Waals surface area contributed by atoms with Gasteiger partial charge in [0.2, 0.25) is 5.91 Å². The van der Waals surface area contributed by atoms with Crippen molar-refractivity contribution >= 4 is 11.7 Å². The number of amides is 1. The average Bonchev–Trinajstić information content (AvgIpc) is 2.55. The first-order chi connectivity index (χ1) is 8.16. The monoisotopic (exact) mass is 238 g/mol. The van der Waals surface area contributed by atoms with Gasteiger partial charge in [-0.2, -0.15) is 0 Å². The zero-order chi connectivity index (χ0) is 12.3. The summed E-state index contributed by atoms with van der Waals surface area (Å²) in [7, 11) is 0. The van der Waals surface area contributed by atoms with E-state index in [4.69, 9.17) is 0 Å². The average molecular weight is 238 g/mol. The largest absolute Gasteiger partial charge is 0.342 e. The molecule has 2 aliphatic rings. The van der Waals surface area contributed by atoms with E-state index in [2.05, 4.69) is 4.90 Å². The minimum Gasteiger partial charge on any atom is -0.342 e. The van der Waals surface area contributed by atoms with Crippen molar-refractivity contribution in [2.45, 2.75) is 45.1 Å². The van der Waals surface area contributed by atoms with E-state index >= 15 is 0 Å². The zero-order valence-corrected chi connectivity index (χ0v) is 10.7. The summed E-state index contributed by atoms with van der Waals surface area (Å²) in [5, 5.41) is 0. The van der Waals surface area contributed by atoms with Gasteiger partial charge in [0.05, 0.1) is 0 Å². The lowest BCUT2D eigenvalue weighted by molar-refractivity contribution is -0.128. The number of carbonyl (C=O) groups excluding carboxylic acids is 2. The zero-order valence-electron chi connectivity index (χ0n) is 10.7. The topological polar surface area (TPSA) is 40.6 Å². The fourth-order valence-corrected chi connectivity index (χ4v) is 2.91. The van der Waals surface area contributed by atoms with Crippen LogP contribution in [-0.2, 0) is 9.59 Å². The molecule has 0 spiro atoms. The maximum atomic E-state index is 11.3. The summed E-state index contributed by atoms with van der Waals surface area (Å²) in [5.74, 6) is 0.604. The minimum absolute atomic E-state index is 0.186. The summed E-state index contributed by atoms with van der Waals surface area (Å²) in [6.07, 6.45) is 4.58. The maximum Gasteiger partial charge on any atom is 0.219 e. The lowest BCUT2D eigenvalue weighted by Gasteiger charge is -2.32. The van der Waals surface area contributed by atoms with Crippen LogP contribution in [0.4, 0.5) is 0 Å². The molecule has 0 aromatic carbocycles. The second kappa shape index (κ2) is 5.63. The van der Waals surface area contributed by atoms with Crippen LogP contribution in [0.1, 0.15) is 39.0 Å². The number of Topliss-reactive ketones (excluding diaryl/α,β-unsaturated/α-hetero) is 1. The van der Waals surface area contributed by atoms with E-state index in [1.807, 2.05) is 4.90 Å². The van der Waals surface area contributed by atoms with Crippen LogP contribution < -0.4 is 0 Å². The Hall–Kier alpha value is -0.900. The van der Waals surface area contributed by atoms with E-state index in [-0.39, 0.29) is 5.91 Å². The molecule has 0 radical (unpaired) electrons. The third-order valence-corrected chi connectivity index (χ3v) is 4.01. The van der Waals surface area contributed by atoms with Crippen molar-refractivity contribution in [3.8, 4) is 0 Å². The van der Waals surface area contributed by atoms with Gasteiger partial charge in [0.1, 0.15) is 5.78 Å². The summed E-state index contributed by atoms with van der Waals surface area (Å²) in [6, 6.07) is 0.569. The van der Waals surface area contributed by atoms with Gasteiger partial charge in [-0.25, -0.2) is 0 Å². The van der Waals surface area contributed by atoms with Crippen LogP contribution in [0.5, 0.6) is 0 Å². The minimum atomic E-state index is 0.186. The molecule has 1 aliphatic heterocycles. The van der Waals surface area contributed by atoms with Crippen LogP contribution in [0.15, 0.2) is 0 Å². The van der Waals surface area contributed by atoms with Crippen molar-refractivity contribution in [1.82, 2.24) is 9.80 Å². The molecule has 2 fully saturated rings. The summed E-state index contributed by atoms with van der Waals surface area (Å²) in [4.78, 5) is 27.0. The Balaban J connectivity index is 1.86. The Bertz CT molecular complexity index is 294. The number of carbonyl (C=O) groups is 2. The van der Waals surface area contributed by atoms with Gasteiger partial charge in [-0.3, -0.25) is 14.5 Å². The fourth-order valence-electron chi connectivity index (χ4n) is 2.91. The van der Waals surface area contributed by atoms with Crippen LogP contribution in [0.3, 0.4) is 0 Å². The quantitative estimate of drug-likeness (QED) is 0.685. The van der Waals surface area contributed by atoms with E-state index in [9.17, 15) is 9.59 Å². The highest BCUT2D eigenvalue weighted by Gasteiger charge is 2.26. The highest BCUT2D eigenvalue weighted by atomic mass is 16.2. The van der Waals surface area contributed by atoms with Crippen molar-refractivity contribution in [3.63, 3.8) is 0 Å². The smallest absolute Gasteiger partial charge is 0.219 e. The molecule has 0 atom stereocenters. The number of nitrogens with zero attached hydrogens (tertiary/aromatic N) is 2. The normalized spacial score (nSPS) is 24.8. The molecule has 0 unspecified atom stereocenters. The first-order valence-electron chi connectivity index (χ1n) is 6.68.